The van der Waals surface area contributed by atoms with Gasteiger partial charge in [0, 0.05) is 11.8 Å². The average Bonchev–Trinajstić information content (AvgIpc) is 2.60. The van der Waals surface area contributed by atoms with Gasteiger partial charge in [0.1, 0.15) is 17.2 Å². The average molecular weight is 340 g/mol. The van der Waals surface area contributed by atoms with E-state index in [1.165, 1.54) is 47.2 Å². The van der Waals surface area contributed by atoms with Gasteiger partial charge in [0.05, 0.1) is 12.2 Å². The molecule has 0 aliphatic carbocycles. The number of benzene rings is 2. The van der Waals surface area contributed by atoms with Gasteiger partial charge in [-0.1, -0.05) is 30.3 Å². The van der Waals surface area contributed by atoms with E-state index in [1.54, 1.807) is 24.3 Å². The Hall–Kier alpha value is -3.28. The molecule has 0 radical (unpaired) electrons. The molecule has 126 valence electrons. The lowest BCUT2D eigenvalue weighted by molar-refractivity contribution is 0.102. The normalized spacial score (nSPS) is 10.5. The van der Waals surface area contributed by atoms with Crippen molar-refractivity contribution in [2.45, 2.75) is 6.54 Å². The van der Waals surface area contributed by atoms with E-state index >= 15 is 0 Å². The van der Waals surface area contributed by atoms with Crippen molar-refractivity contribution in [1.29, 1.82) is 0 Å². The maximum Gasteiger partial charge on any atom is 0.263 e. The minimum atomic E-state index is -0.724. The summed E-state index contributed by atoms with van der Waals surface area (Å²) in [6.45, 7) is -0.00761. The van der Waals surface area contributed by atoms with Gasteiger partial charge < -0.3 is 9.88 Å². The number of hydrogen-bond acceptors (Lipinski definition) is 2. The summed E-state index contributed by atoms with van der Waals surface area (Å²) >= 11 is 0. The Bertz CT molecular complexity index is 983. The van der Waals surface area contributed by atoms with Crippen molar-refractivity contribution < 1.29 is 13.6 Å². The van der Waals surface area contributed by atoms with Crippen LogP contribution >= 0.6 is 0 Å². The van der Waals surface area contributed by atoms with E-state index in [0.29, 0.717) is 5.56 Å². The highest BCUT2D eigenvalue weighted by Gasteiger charge is 2.14. The maximum atomic E-state index is 13.8. The van der Waals surface area contributed by atoms with E-state index in [9.17, 15) is 18.4 Å². The molecule has 0 atom stereocenters. The zero-order valence-corrected chi connectivity index (χ0v) is 13.1. The first-order chi connectivity index (χ1) is 12.1. The number of halogens is 2. The van der Waals surface area contributed by atoms with E-state index in [1.807, 2.05) is 0 Å². The Morgan fingerprint density at radius 1 is 0.920 bits per heavy atom. The Morgan fingerprint density at radius 2 is 1.60 bits per heavy atom. The van der Waals surface area contributed by atoms with E-state index in [0.717, 1.165) is 0 Å². The Labute approximate surface area is 142 Å². The van der Waals surface area contributed by atoms with Crippen LogP contribution in [0.3, 0.4) is 0 Å². The molecule has 0 aliphatic heterocycles. The SMILES string of the molecule is O=C(Nc1ccccc1F)c1cccn(Cc2ccccc2F)c1=O. The minimum absolute atomic E-state index is 0.00761. The number of amides is 1. The maximum absolute atomic E-state index is 13.8. The molecule has 3 rings (SSSR count). The summed E-state index contributed by atoms with van der Waals surface area (Å²) in [5.41, 5.74) is -0.422. The minimum Gasteiger partial charge on any atom is -0.319 e. The van der Waals surface area contributed by atoms with Gasteiger partial charge in [-0.05, 0) is 30.3 Å². The molecule has 0 bridgehead atoms. The number of para-hydroxylation sites is 1. The summed E-state index contributed by atoms with van der Waals surface area (Å²) < 4.78 is 28.6. The van der Waals surface area contributed by atoms with Gasteiger partial charge in [-0.25, -0.2) is 8.78 Å². The molecule has 1 heterocycles. The summed E-state index contributed by atoms with van der Waals surface area (Å²) in [5, 5.41) is 2.37. The first-order valence-corrected chi connectivity index (χ1v) is 7.55. The quantitative estimate of drug-likeness (QED) is 0.791. The number of pyridine rings is 1. The van der Waals surface area contributed by atoms with Crippen LogP contribution in [0.1, 0.15) is 15.9 Å². The van der Waals surface area contributed by atoms with Gasteiger partial charge in [-0.15, -0.1) is 0 Å². The van der Waals surface area contributed by atoms with Crippen LogP contribution in [0, 0.1) is 11.6 Å². The molecule has 0 saturated carbocycles. The van der Waals surface area contributed by atoms with Crippen LogP contribution in [0.25, 0.3) is 0 Å². The molecule has 0 aliphatic rings. The van der Waals surface area contributed by atoms with E-state index < -0.39 is 23.1 Å². The number of anilines is 1. The Balaban J connectivity index is 1.88. The summed E-state index contributed by atoms with van der Waals surface area (Å²) in [5.74, 6) is -1.76. The lowest BCUT2D eigenvalue weighted by atomic mass is 10.2. The van der Waals surface area contributed by atoms with E-state index in [2.05, 4.69) is 5.32 Å². The van der Waals surface area contributed by atoms with Crippen molar-refractivity contribution in [3.05, 3.63) is 100.0 Å². The van der Waals surface area contributed by atoms with Crippen LogP contribution in [0.4, 0.5) is 14.5 Å². The highest BCUT2D eigenvalue weighted by atomic mass is 19.1. The van der Waals surface area contributed by atoms with Gasteiger partial charge in [-0.2, -0.15) is 0 Å². The highest BCUT2D eigenvalue weighted by molar-refractivity contribution is 6.04. The van der Waals surface area contributed by atoms with Crippen LogP contribution in [-0.4, -0.2) is 10.5 Å². The molecule has 25 heavy (non-hydrogen) atoms. The molecular weight excluding hydrogens is 326 g/mol. The number of hydrogen-bond donors (Lipinski definition) is 1. The fourth-order valence-electron chi connectivity index (χ4n) is 2.40. The zero-order chi connectivity index (χ0) is 17.8. The van der Waals surface area contributed by atoms with Gasteiger partial charge in [0.25, 0.3) is 11.5 Å². The molecule has 1 N–H and O–H groups in total. The second-order valence-electron chi connectivity index (χ2n) is 5.38. The lowest BCUT2D eigenvalue weighted by Gasteiger charge is -2.10. The van der Waals surface area contributed by atoms with Crippen LogP contribution in [0.2, 0.25) is 0 Å². The highest BCUT2D eigenvalue weighted by Crippen LogP contribution is 2.13. The molecule has 1 aromatic heterocycles. The number of nitrogens with one attached hydrogen (secondary N) is 1. The Morgan fingerprint density at radius 3 is 2.32 bits per heavy atom. The number of rotatable bonds is 4. The first-order valence-electron chi connectivity index (χ1n) is 7.55. The number of carbonyl (C=O) groups excluding carboxylic acids is 1. The van der Waals surface area contributed by atoms with Crippen molar-refractivity contribution in [2.75, 3.05) is 5.32 Å². The third-order valence-electron chi connectivity index (χ3n) is 3.69. The molecule has 0 spiro atoms. The van der Waals surface area contributed by atoms with Gasteiger partial charge in [0.2, 0.25) is 0 Å². The summed E-state index contributed by atoms with van der Waals surface area (Å²) in [6, 6.07) is 14.6. The third-order valence-corrected chi connectivity index (χ3v) is 3.69. The summed E-state index contributed by atoms with van der Waals surface area (Å²) in [4.78, 5) is 24.8. The second kappa shape index (κ2) is 7.09. The molecule has 0 saturated heterocycles. The molecule has 4 nitrogen and oxygen atoms in total. The smallest absolute Gasteiger partial charge is 0.263 e. The first kappa shape index (κ1) is 16.6. The predicted octanol–water partition coefficient (Wildman–Crippen LogP) is 3.43. The third kappa shape index (κ3) is 3.63. The van der Waals surface area contributed by atoms with Crippen LogP contribution in [0.5, 0.6) is 0 Å². The molecule has 0 unspecified atom stereocenters. The van der Waals surface area contributed by atoms with Crippen molar-refractivity contribution in [3.8, 4) is 0 Å². The number of nitrogens with zero attached hydrogens (tertiary/aromatic N) is 1. The van der Waals surface area contributed by atoms with Crippen LogP contribution < -0.4 is 10.9 Å². The van der Waals surface area contributed by atoms with E-state index in [-0.39, 0.29) is 17.8 Å². The van der Waals surface area contributed by atoms with Gasteiger partial charge in [0.15, 0.2) is 0 Å². The largest absolute Gasteiger partial charge is 0.319 e. The van der Waals surface area contributed by atoms with Crippen molar-refractivity contribution >= 4 is 11.6 Å². The standard InChI is InChI=1S/C19H14F2N2O2/c20-15-8-2-1-6-13(15)12-23-11-5-7-14(19(23)25)18(24)22-17-10-4-3-9-16(17)21/h1-11H,12H2,(H,22,24). The zero-order valence-electron chi connectivity index (χ0n) is 13.1. The topological polar surface area (TPSA) is 51.1 Å². The van der Waals surface area contributed by atoms with Crippen molar-refractivity contribution in [3.63, 3.8) is 0 Å². The Kier molecular flexibility index (Phi) is 4.70. The second-order valence-corrected chi connectivity index (χ2v) is 5.38. The number of carbonyl (C=O) groups is 1. The van der Waals surface area contributed by atoms with Gasteiger partial charge >= 0.3 is 0 Å². The van der Waals surface area contributed by atoms with Gasteiger partial charge in [-0.3, -0.25) is 9.59 Å². The van der Waals surface area contributed by atoms with Crippen LogP contribution in [-0.2, 0) is 6.54 Å². The fraction of sp³-hybridized carbons (Fsp3) is 0.0526. The molecule has 1 amide bonds. The van der Waals surface area contributed by atoms with Crippen molar-refractivity contribution in [1.82, 2.24) is 4.57 Å². The van der Waals surface area contributed by atoms with Crippen LogP contribution in [0.15, 0.2) is 71.7 Å². The van der Waals surface area contributed by atoms with E-state index in [4.69, 9.17) is 0 Å². The predicted molar refractivity (Wildman–Crippen MR) is 90.6 cm³/mol. The molecule has 2 aromatic carbocycles. The fourth-order valence-corrected chi connectivity index (χ4v) is 2.40. The summed E-state index contributed by atoms with van der Waals surface area (Å²) in [7, 11) is 0. The molecule has 6 heteroatoms. The monoisotopic (exact) mass is 340 g/mol. The molecule has 3 aromatic rings. The molecule has 0 fully saturated rings. The van der Waals surface area contributed by atoms with Crippen molar-refractivity contribution in [2.24, 2.45) is 0 Å². The molecular formula is C19H14F2N2O2. The lowest BCUT2D eigenvalue weighted by Crippen LogP contribution is -2.29. The number of aromatic nitrogens is 1. The summed E-state index contributed by atoms with van der Waals surface area (Å²) in [6.07, 6.45) is 1.47.